The van der Waals surface area contributed by atoms with Gasteiger partial charge < -0.3 is 10.8 Å². The van der Waals surface area contributed by atoms with Gasteiger partial charge in [-0.3, -0.25) is 4.90 Å². The van der Waals surface area contributed by atoms with Crippen molar-refractivity contribution in [1.82, 2.24) is 4.90 Å². The fourth-order valence-corrected chi connectivity index (χ4v) is 2.96. The second kappa shape index (κ2) is 7.25. The lowest BCUT2D eigenvalue weighted by molar-refractivity contribution is 0.0718. The van der Waals surface area contributed by atoms with Crippen molar-refractivity contribution in [3.63, 3.8) is 0 Å². The predicted octanol–water partition coefficient (Wildman–Crippen LogP) is 1.60. The van der Waals surface area contributed by atoms with Crippen LogP contribution in [0.5, 0.6) is 0 Å². The molecule has 0 aromatic rings. The Labute approximate surface area is 100 Å². The molecule has 2 unspecified atom stereocenters. The number of aliphatic hydroxyl groups excluding tert-OH is 1. The Morgan fingerprint density at radius 1 is 1.31 bits per heavy atom. The van der Waals surface area contributed by atoms with Gasteiger partial charge in [-0.05, 0) is 45.6 Å². The number of hydrogen-bond donors (Lipinski definition) is 2. The third-order valence-electron chi connectivity index (χ3n) is 3.84. The molecule has 1 aliphatic carbocycles. The van der Waals surface area contributed by atoms with Crippen molar-refractivity contribution in [2.24, 2.45) is 11.7 Å². The molecule has 0 spiro atoms. The minimum Gasteiger partial charge on any atom is -0.396 e. The van der Waals surface area contributed by atoms with Gasteiger partial charge in [0.05, 0.1) is 0 Å². The largest absolute Gasteiger partial charge is 0.396 e. The summed E-state index contributed by atoms with van der Waals surface area (Å²) in [4.78, 5) is 2.55. The summed E-state index contributed by atoms with van der Waals surface area (Å²) in [5.74, 6) is 0.662. The molecule has 0 bridgehead atoms. The molecule has 1 rings (SSSR count). The predicted molar refractivity (Wildman–Crippen MR) is 68.3 cm³/mol. The van der Waals surface area contributed by atoms with Gasteiger partial charge in [0.15, 0.2) is 0 Å². The lowest BCUT2D eigenvalue weighted by atomic mass is 9.83. The van der Waals surface area contributed by atoms with Gasteiger partial charge in [-0.15, -0.1) is 0 Å². The van der Waals surface area contributed by atoms with E-state index in [1.807, 2.05) is 0 Å². The second-order valence-corrected chi connectivity index (χ2v) is 5.26. The first-order valence-electron chi connectivity index (χ1n) is 6.77. The molecule has 1 aliphatic rings. The molecular formula is C13H28N2O. The van der Waals surface area contributed by atoms with Crippen molar-refractivity contribution in [3.05, 3.63) is 0 Å². The molecule has 96 valence electrons. The van der Waals surface area contributed by atoms with Crippen LogP contribution in [0.1, 0.15) is 46.0 Å². The van der Waals surface area contributed by atoms with Crippen LogP contribution in [0.15, 0.2) is 0 Å². The van der Waals surface area contributed by atoms with Crippen LogP contribution < -0.4 is 5.73 Å². The van der Waals surface area contributed by atoms with Gasteiger partial charge in [-0.25, -0.2) is 0 Å². The lowest BCUT2D eigenvalue weighted by Gasteiger charge is -2.42. The highest BCUT2D eigenvalue weighted by Crippen LogP contribution is 2.29. The van der Waals surface area contributed by atoms with Crippen LogP contribution in [-0.2, 0) is 0 Å². The Kier molecular flexibility index (Phi) is 6.32. The Hall–Kier alpha value is -0.120. The van der Waals surface area contributed by atoms with Crippen LogP contribution in [0.2, 0.25) is 0 Å². The smallest absolute Gasteiger partial charge is 0.0443 e. The highest BCUT2D eigenvalue weighted by atomic mass is 16.3. The van der Waals surface area contributed by atoms with Crippen LogP contribution in [0, 0.1) is 5.92 Å². The summed E-state index contributed by atoms with van der Waals surface area (Å²) in [5, 5.41) is 8.97. The molecule has 0 aromatic heterocycles. The van der Waals surface area contributed by atoms with Gasteiger partial charge >= 0.3 is 0 Å². The molecule has 0 aromatic carbocycles. The van der Waals surface area contributed by atoms with Gasteiger partial charge in [0.2, 0.25) is 0 Å². The van der Waals surface area contributed by atoms with Gasteiger partial charge in [0, 0.05) is 25.2 Å². The van der Waals surface area contributed by atoms with E-state index in [2.05, 4.69) is 18.7 Å². The third-order valence-corrected chi connectivity index (χ3v) is 3.84. The zero-order chi connectivity index (χ0) is 12.0. The SMILES string of the molecule is CC(C)N(CCCO)C1CCCCC1CN. The van der Waals surface area contributed by atoms with Crippen LogP contribution in [0.3, 0.4) is 0 Å². The van der Waals surface area contributed by atoms with Crippen LogP contribution in [-0.4, -0.2) is 41.8 Å². The summed E-state index contributed by atoms with van der Waals surface area (Å²) >= 11 is 0. The monoisotopic (exact) mass is 228 g/mol. The summed E-state index contributed by atoms with van der Waals surface area (Å²) in [6, 6.07) is 1.20. The average Bonchev–Trinajstić information content (AvgIpc) is 2.29. The maximum atomic E-state index is 8.97. The van der Waals surface area contributed by atoms with Crippen molar-refractivity contribution in [3.8, 4) is 0 Å². The average molecular weight is 228 g/mol. The van der Waals surface area contributed by atoms with Crippen molar-refractivity contribution in [2.75, 3.05) is 19.7 Å². The summed E-state index contributed by atoms with van der Waals surface area (Å²) in [7, 11) is 0. The topological polar surface area (TPSA) is 49.5 Å². The van der Waals surface area contributed by atoms with E-state index >= 15 is 0 Å². The lowest BCUT2D eigenvalue weighted by Crippen LogP contribution is -2.48. The molecule has 1 fully saturated rings. The Balaban J connectivity index is 2.58. The molecule has 0 saturated heterocycles. The Morgan fingerprint density at radius 2 is 2.00 bits per heavy atom. The molecule has 16 heavy (non-hydrogen) atoms. The van der Waals surface area contributed by atoms with Gasteiger partial charge in [-0.1, -0.05) is 12.8 Å². The molecule has 2 atom stereocenters. The van der Waals surface area contributed by atoms with Crippen molar-refractivity contribution in [1.29, 1.82) is 0 Å². The van der Waals surface area contributed by atoms with E-state index in [1.165, 1.54) is 25.7 Å². The summed E-state index contributed by atoms with van der Waals surface area (Å²) in [6.45, 7) is 6.62. The number of rotatable bonds is 6. The second-order valence-electron chi connectivity index (χ2n) is 5.26. The van der Waals surface area contributed by atoms with Gasteiger partial charge in [-0.2, -0.15) is 0 Å². The minimum absolute atomic E-state index is 0.295. The molecule has 0 radical (unpaired) electrons. The minimum atomic E-state index is 0.295. The number of aliphatic hydroxyl groups is 1. The van der Waals surface area contributed by atoms with E-state index in [9.17, 15) is 0 Å². The zero-order valence-corrected chi connectivity index (χ0v) is 10.9. The number of hydrogen-bond acceptors (Lipinski definition) is 3. The van der Waals surface area contributed by atoms with Crippen LogP contribution >= 0.6 is 0 Å². The Morgan fingerprint density at radius 3 is 2.56 bits per heavy atom. The maximum Gasteiger partial charge on any atom is 0.0443 e. The first-order valence-corrected chi connectivity index (χ1v) is 6.77. The molecular weight excluding hydrogens is 200 g/mol. The van der Waals surface area contributed by atoms with E-state index in [4.69, 9.17) is 10.8 Å². The van der Waals surface area contributed by atoms with Gasteiger partial charge in [0.25, 0.3) is 0 Å². The third kappa shape index (κ3) is 3.72. The first kappa shape index (κ1) is 13.9. The number of nitrogens with zero attached hydrogens (tertiary/aromatic N) is 1. The molecule has 1 saturated carbocycles. The summed E-state index contributed by atoms with van der Waals surface area (Å²) in [6.07, 6.45) is 6.12. The fourth-order valence-electron chi connectivity index (χ4n) is 2.96. The number of nitrogens with two attached hydrogens (primary N) is 1. The highest BCUT2D eigenvalue weighted by Gasteiger charge is 2.30. The van der Waals surface area contributed by atoms with Crippen LogP contribution in [0.4, 0.5) is 0 Å². The molecule has 0 amide bonds. The zero-order valence-electron chi connectivity index (χ0n) is 10.9. The van der Waals surface area contributed by atoms with Crippen molar-refractivity contribution < 1.29 is 5.11 Å². The highest BCUT2D eigenvalue weighted by molar-refractivity contribution is 4.85. The molecule has 3 nitrogen and oxygen atoms in total. The fraction of sp³-hybridized carbons (Fsp3) is 1.00. The van der Waals surface area contributed by atoms with E-state index in [0.29, 0.717) is 24.6 Å². The van der Waals surface area contributed by atoms with E-state index in [1.54, 1.807) is 0 Å². The van der Waals surface area contributed by atoms with E-state index in [0.717, 1.165) is 19.5 Å². The molecule has 3 heteroatoms. The van der Waals surface area contributed by atoms with Crippen LogP contribution in [0.25, 0.3) is 0 Å². The Bertz CT molecular complexity index is 185. The maximum absolute atomic E-state index is 8.97. The summed E-state index contributed by atoms with van der Waals surface area (Å²) < 4.78 is 0. The van der Waals surface area contributed by atoms with E-state index in [-0.39, 0.29) is 0 Å². The first-order chi connectivity index (χ1) is 7.70. The quantitative estimate of drug-likeness (QED) is 0.726. The van der Waals surface area contributed by atoms with Crippen molar-refractivity contribution in [2.45, 2.75) is 58.0 Å². The standard InChI is InChI=1S/C13H28N2O/c1-11(2)15(8-5-9-16)13-7-4-3-6-12(13)10-14/h11-13,16H,3-10,14H2,1-2H3. The van der Waals surface area contributed by atoms with Crippen molar-refractivity contribution >= 4 is 0 Å². The molecule has 0 heterocycles. The molecule has 0 aliphatic heterocycles. The van der Waals surface area contributed by atoms with E-state index < -0.39 is 0 Å². The molecule has 3 N–H and O–H groups in total. The summed E-state index contributed by atoms with van der Waals surface area (Å²) in [5.41, 5.74) is 5.88. The van der Waals surface area contributed by atoms with Gasteiger partial charge in [0.1, 0.15) is 0 Å². The normalized spacial score (nSPS) is 26.6.